The fraction of sp³-hybridized carbons (Fsp3) is 0.147. The molecule has 1 amide bonds. The normalized spacial score (nSPS) is 13.1. The van der Waals surface area contributed by atoms with Gasteiger partial charge in [0.2, 0.25) is 20.0 Å². The Labute approximate surface area is 270 Å². The first kappa shape index (κ1) is 30.5. The van der Waals surface area contributed by atoms with Gasteiger partial charge < -0.3 is 14.3 Å². The van der Waals surface area contributed by atoms with Crippen molar-refractivity contribution >= 4 is 59.2 Å². The minimum atomic E-state index is -3.77. The Morgan fingerprint density at radius 1 is 0.915 bits per heavy atom. The summed E-state index contributed by atoms with van der Waals surface area (Å²) in [4.78, 5) is 13.3. The molecule has 0 unspecified atom stereocenters. The average molecular weight is 673 g/mol. The largest absolute Gasteiger partial charge is 0.455 e. The Balaban J connectivity index is 1.51. The second-order valence-corrected chi connectivity index (χ2v) is 15.2. The van der Waals surface area contributed by atoms with Crippen LogP contribution in [0.25, 0.3) is 55.6 Å². The SMILES string of the molecule is CCS(=O)(=O)Nc1cc2oc(-c3ccc(F)cc3)c(C(=O)NC)c2cc1-c1ccc2c(c1)-c1cc3ccccc3n1CN2S(C)(=O)=O. The smallest absolute Gasteiger partial charge is 0.255 e. The van der Waals surface area contributed by atoms with Gasteiger partial charge in [0, 0.05) is 40.6 Å². The van der Waals surface area contributed by atoms with Crippen LogP contribution in [0.1, 0.15) is 17.3 Å². The van der Waals surface area contributed by atoms with E-state index in [1.165, 1.54) is 48.6 Å². The summed E-state index contributed by atoms with van der Waals surface area (Å²) >= 11 is 0. The van der Waals surface area contributed by atoms with Crippen LogP contribution in [0.5, 0.6) is 0 Å². The van der Waals surface area contributed by atoms with E-state index in [0.29, 0.717) is 33.3 Å². The third-order valence-corrected chi connectivity index (χ3v) is 10.8. The molecule has 0 saturated carbocycles. The number of rotatable bonds is 7. The van der Waals surface area contributed by atoms with Gasteiger partial charge in [0.05, 0.1) is 40.2 Å². The standard InChI is InChI=1S/C34H29FN4O6S2/c1-4-47(43,44)37-27-18-31-26(32(34(40)36-2)33(45-31)20-9-12-23(35)13-10-20)17-24(27)21-11-14-29-25(15-21)30-16-22-7-5-6-8-28(22)38(30)19-39(29)46(3,41)42/h5-18,37H,4,19H2,1-3H3,(H,36,40). The van der Waals surface area contributed by atoms with Crippen LogP contribution >= 0.6 is 0 Å². The van der Waals surface area contributed by atoms with Crippen LogP contribution in [0.4, 0.5) is 15.8 Å². The summed E-state index contributed by atoms with van der Waals surface area (Å²) in [5.41, 5.74) is 4.89. The van der Waals surface area contributed by atoms with Gasteiger partial charge >= 0.3 is 0 Å². The number of aromatic nitrogens is 1. The highest BCUT2D eigenvalue weighted by Gasteiger charge is 2.30. The summed E-state index contributed by atoms with van der Waals surface area (Å²) in [5, 5.41) is 3.98. The molecule has 47 heavy (non-hydrogen) atoms. The molecule has 0 fully saturated rings. The number of sulfonamides is 2. The number of nitrogens with one attached hydrogen (secondary N) is 2. The Hall–Kier alpha value is -5.14. The van der Waals surface area contributed by atoms with Gasteiger partial charge in [-0.2, -0.15) is 0 Å². The van der Waals surface area contributed by atoms with E-state index >= 15 is 0 Å². The van der Waals surface area contributed by atoms with Gasteiger partial charge in [0.25, 0.3) is 5.91 Å². The third-order valence-electron chi connectivity index (χ3n) is 8.37. The van der Waals surface area contributed by atoms with Gasteiger partial charge in [0.15, 0.2) is 0 Å². The lowest BCUT2D eigenvalue weighted by Crippen LogP contribution is -2.35. The molecule has 1 aliphatic rings. The van der Waals surface area contributed by atoms with Gasteiger partial charge in [-0.3, -0.25) is 13.8 Å². The predicted octanol–water partition coefficient (Wildman–Crippen LogP) is 6.39. The first-order chi connectivity index (χ1) is 22.4. The van der Waals surface area contributed by atoms with Crippen LogP contribution < -0.4 is 14.3 Å². The average Bonchev–Trinajstić information content (AvgIpc) is 3.61. The van der Waals surface area contributed by atoms with Crippen LogP contribution in [0.3, 0.4) is 0 Å². The highest BCUT2D eigenvalue weighted by atomic mass is 32.2. The minimum absolute atomic E-state index is 0.0954. The number of hydrogen-bond donors (Lipinski definition) is 2. The molecule has 0 radical (unpaired) electrons. The van der Waals surface area contributed by atoms with Crippen LogP contribution in [-0.4, -0.2) is 46.4 Å². The summed E-state index contributed by atoms with van der Waals surface area (Å²) in [6.07, 6.45) is 1.16. The van der Waals surface area contributed by atoms with E-state index in [-0.39, 0.29) is 35.0 Å². The highest BCUT2D eigenvalue weighted by Crippen LogP contribution is 2.45. The van der Waals surface area contributed by atoms with Gasteiger partial charge in [0.1, 0.15) is 23.8 Å². The number of anilines is 2. The van der Waals surface area contributed by atoms with E-state index in [9.17, 15) is 26.0 Å². The zero-order valence-corrected chi connectivity index (χ0v) is 27.2. The molecule has 3 heterocycles. The van der Waals surface area contributed by atoms with Crippen molar-refractivity contribution in [1.29, 1.82) is 0 Å². The molecule has 7 rings (SSSR count). The molecule has 10 nitrogen and oxygen atoms in total. The maximum Gasteiger partial charge on any atom is 0.255 e. The molecule has 240 valence electrons. The molecule has 0 aliphatic carbocycles. The summed E-state index contributed by atoms with van der Waals surface area (Å²) in [7, 11) is -5.96. The molecule has 0 spiro atoms. The maximum absolute atomic E-state index is 13.8. The second-order valence-electron chi connectivity index (χ2n) is 11.3. The molecule has 1 aliphatic heterocycles. The van der Waals surface area contributed by atoms with Crippen molar-refractivity contribution in [2.75, 3.05) is 28.1 Å². The van der Waals surface area contributed by atoms with E-state index in [1.54, 1.807) is 18.2 Å². The fourth-order valence-electron chi connectivity index (χ4n) is 6.06. The molecule has 0 bridgehead atoms. The van der Waals surface area contributed by atoms with Crippen molar-refractivity contribution in [2.24, 2.45) is 0 Å². The van der Waals surface area contributed by atoms with Crippen molar-refractivity contribution in [3.63, 3.8) is 0 Å². The first-order valence-electron chi connectivity index (χ1n) is 14.7. The van der Waals surface area contributed by atoms with Gasteiger partial charge in [-0.05, 0) is 67.1 Å². The molecule has 0 saturated heterocycles. The van der Waals surface area contributed by atoms with Crippen molar-refractivity contribution in [1.82, 2.24) is 9.88 Å². The van der Waals surface area contributed by atoms with E-state index in [0.717, 1.165) is 22.9 Å². The second kappa shape index (κ2) is 11.0. The molecule has 2 aromatic heterocycles. The number of benzene rings is 4. The summed E-state index contributed by atoms with van der Waals surface area (Å²) in [5.74, 6) is -0.902. The Kier molecular flexibility index (Phi) is 7.13. The number of carbonyl (C=O) groups excluding carboxylic acids is 1. The van der Waals surface area contributed by atoms with Crippen molar-refractivity contribution in [3.05, 3.63) is 96.3 Å². The zero-order chi connectivity index (χ0) is 33.2. The van der Waals surface area contributed by atoms with E-state index in [4.69, 9.17) is 4.42 Å². The van der Waals surface area contributed by atoms with Crippen LogP contribution in [0.15, 0.2) is 89.3 Å². The molecule has 4 aromatic carbocycles. The van der Waals surface area contributed by atoms with E-state index < -0.39 is 31.8 Å². The molecular weight excluding hydrogens is 644 g/mol. The summed E-state index contributed by atoms with van der Waals surface area (Å²) in [6, 6.07) is 23.6. The van der Waals surface area contributed by atoms with Gasteiger partial charge in [-0.25, -0.2) is 21.2 Å². The molecule has 13 heteroatoms. The predicted molar refractivity (Wildman–Crippen MR) is 182 cm³/mol. The number of fused-ring (bicyclic) bond motifs is 6. The quantitative estimate of drug-likeness (QED) is 0.202. The highest BCUT2D eigenvalue weighted by molar-refractivity contribution is 7.92. The summed E-state index contributed by atoms with van der Waals surface area (Å²) in [6.45, 7) is 1.61. The number of hydrogen-bond acceptors (Lipinski definition) is 6. The number of amides is 1. The number of carbonyl (C=O) groups is 1. The maximum atomic E-state index is 13.8. The van der Waals surface area contributed by atoms with Crippen molar-refractivity contribution < 1.29 is 30.4 Å². The Morgan fingerprint density at radius 3 is 2.34 bits per heavy atom. The Bertz CT molecular complexity index is 2470. The van der Waals surface area contributed by atoms with Crippen molar-refractivity contribution in [3.8, 4) is 33.7 Å². The Morgan fingerprint density at radius 2 is 1.64 bits per heavy atom. The van der Waals surface area contributed by atoms with Gasteiger partial charge in [-0.15, -0.1) is 0 Å². The molecule has 0 atom stereocenters. The molecule has 2 N–H and O–H groups in total. The lowest BCUT2D eigenvalue weighted by molar-refractivity contribution is 0.0964. The van der Waals surface area contributed by atoms with Gasteiger partial charge in [-0.1, -0.05) is 24.3 Å². The fourth-order valence-corrected chi connectivity index (χ4v) is 7.55. The molecule has 6 aromatic rings. The number of halogens is 1. The van der Waals surface area contributed by atoms with Crippen LogP contribution in [0, 0.1) is 5.82 Å². The van der Waals surface area contributed by atoms with Crippen LogP contribution in [-0.2, 0) is 26.7 Å². The van der Waals surface area contributed by atoms with E-state index in [1.807, 2.05) is 41.0 Å². The monoisotopic (exact) mass is 672 g/mol. The topological polar surface area (TPSA) is 131 Å². The van der Waals surface area contributed by atoms with Crippen LogP contribution in [0.2, 0.25) is 0 Å². The first-order valence-corrected chi connectivity index (χ1v) is 18.2. The zero-order valence-electron chi connectivity index (χ0n) is 25.5. The molecular formula is C34H29FN4O6S2. The third kappa shape index (κ3) is 5.21. The van der Waals surface area contributed by atoms with E-state index in [2.05, 4.69) is 10.0 Å². The number of para-hydroxylation sites is 1. The lowest BCUT2D eigenvalue weighted by atomic mass is 9.95. The number of nitrogens with zero attached hydrogens (tertiary/aromatic N) is 2. The number of furan rings is 1. The summed E-state index contributed by atoms with van der Waals surface area (Å²) < 4.78 is 77.6. The minimum Gasteiger partial charge on any atom is -0.455 e. The van der Waals surface area contributed by atoms with Crippen molar-refractivity contribution in [2.45, 2.75) is 13.6 Å². The lowest BCUT2D eigenvalue weighted by Gasteiger charge is -2.32.